The third-order valence-corrected chi connectivity index (χ3v) is 23.2. The molecule has 16 heteroatoms. The van der Waals surface area contributed by atoms with Gasteiger partial charge in [-0.1, -0.05) is 200 Å². The first kappa shape index (κ1) is 79.7. The second-order valence-corrected chi connectivity index (χ2v) is 32.0. The van der Waals surface area contributed by atoms with E-state index in [9.17, 15) is 0 Å². The van der Waals surface area contributed by atoms with Gasteiger partial charge in [0.05, 0.1) is 24.2 Å². The maximum atomic E-state index is 5.25. The molecule has 3 aliphatic rings. The molecule has 3 aliphatic heterocycles. The highest BCUT2D eigenvalue weighted by molar-refractivity contribution is 5.68. The van der Waals surface area contributed by atoms with Crippen molar-refractivity contribution in [1.82, 2.24) is 58.5 Å². The molecule has 6 aromatic heterocycles. The van der Waals surface area contributed by atoms with E-state index < -0.39 is 0 Å². The molecule has 118 heavy (non-hydrogen) atoms. The number of nitrogens with zero attached hydrogens (tertiary/aromatic N) is 12. The summed E-state index contributed by atoms with van der Waals surface area (Å²) in [6.45, 7) is 15.9. The summed E-state index contributed by atoms with van der Waals surface area (Å²) in [5.74, 6) is 3.41. The van der Waals surface area contributed by atoms with Gasteiger partial charge in [-0.05, 0) is 284 Å². The van der Waals surface area contributed by atoms with Crippen molar-refractivity contribution in [1.29, 1.82) is 0 Å². The van der Waals surface area contributed by atoms with E-state index in [1.54, 1.807) is 7.11 Å². The summed E-state index contributed by atoms with van der Waals surface area (Å²) in [6.07, 6.45) is 18.5. The first-order valence-electron chi connectivity index (χ1n) is 42.9. The molecule has 0 amide bonds. The normalized spacial score (nSPS) is 13.7. The number of ether oxygens (including phenoxy) is 1. The fraction of sp³-hybridized carbons (Fsp3) is 0.294. The van der Waals surface area contributed by atoms with Gasteiger partial charge < -0.3 is 35.4 Å². The van der Waals surface area contributed by atoms with Crippen LogP contribution in [0.15, 0.2) is 279 Å². The van der Waals surface area contributed by atoms with Crippen LogP contribution in [0.3, 0.4) is 0 Å². The summed E-state index contributed by atoms with van der Waals surface area (Å²) in [5.41, 5.74) is 25.5. The molecule has 0 saturated carbocycles. The average Bonchev–Trinajstić information content (AvgIpc) is 1.65. The van der Waals surface area contributed by atoms with E-state index in [1.807, 2.05) is 43.9 Å². The van der Waals surface area contributed by atoms with Crippen LogP contribution in [0.5, 0.6) is 5.75 Å². The molecule has 18 rings (SSSR count). The van der Waals surface area contributed by atoms with Gasteiger partial charge in [0.2, 0.25) is 0 Å². The quantitative estimate of drug-likeness (QED) is 0.0368. The number of likely N-dealkylation sites (tertiary alicyclic amines) is 3. The number of rotatable bonds is 32. The predicted octanol–water partition coefficient (Wildman–Crippen LogP) is 20.2. The van der Waals surface area contributed by atoms with Crippen molar-refractivity contribution >= 4 is 34.0 Å². The molecule has 15 aromatic rings. The maximum Gasteiger partial charge on any atom is 0.156 e. The van der Waals surface area contributed by atoms with Crippen LogP contribution in [0.4, 0.5) is 17.1 Å². The van der Waals surface area contributed by atoms with Gasteiger partial charge >= 0.3 is 0 Å². The number of hydrogen-bond acceptors (Lipinski definition) is 13. The second-order valence-electron chi connectivity index (χ2n) is 32.0. The Morgan fingerprint density at radius 2 is 0.610 bits per heavy atom. The number of nitrogens with one attached hydrogen (secondary N) is 3. The SMILES string of the molecule is COc1ccc(CNc2ccc(-c3cccc4nc(Cc5ccc(CCCN6CCCC6)cc5)nn34)cc2)cc1.Cc1ccc(CNc2ccc(-c3cccc4nc(Cc5ccc(CCCN6CCCC6)cc5)nn34)cc2)cc1.c1ccc(CCNc2ccc(-c3cccc4nc(Cc5ccc(CCCN6CCCC6)cc5)nn34)cc2)cc1. The largest absolute Gasteiger partial charge is 0.497 e. The Kier molecular flexibility index (Phi) is 27.2. The molecule has 3 saturated heterocycles. The third kappa shape index (κ3) is 22.2. The maximum absolute atomic E-state index is 5.25. The lowest BCUT2D eigenvalue weighted by atomic mass is 10.1. The van der Waals surface area contributed by atoms with Crippen molar-refractivity contribution in [3.63, 3.8) is 0 Å². The number of anilines is 3. The lowest BCUT2D eigenvalue weighted by Crippen LogP contribution is -2.20. The van der Waals surface area contributed by atoms with Crippen molar-refractivity contribution in [2.45, 2.75) is 123 Å². The smallest absolute Gasteiger partial charge is 0.156 e. The molecule has 0 unspecified atom stereocenters. The number of hydrogen-bond donors (Lipinski definition) is 3. The van der Waals surface area contributed by atoms with Crippen LogP contribution in [-0.2, 0) is 58.0 Å². The topological polar surface area (TPSA) is 146 Å². The van der Waals surface area contributed by atoms with Crippen molar-refractivity contribution in [3.8, 4) is 39.5 Å². The minimum absolute atomic E-state index is 0.726. The number of aromatic nitrogens is 9. The summed E-state index contributed by atoms with van der Waals surface area (Å²) < 4.78 is 11.1. The fourth-order valence-corrected chi connectivity index (χ4v) is 16.4. The Hall–Kier alpha value is -12.1. The van der Waals surface area contributed by atoms with Gasteiger partial charge in [0.25, 0.3) is 0 Å². The number of aryl methyl sites for hydroxylation is 4. The zero-order valence-electron chi connectivity index (χ0n) is 68.6. The van der Waals surface area contributed by atoms with Crippen LogP contribution in [0.1, 0.15) is 131 Å². The fourth-order valence-electron chi connectivity index (χ4n) is 16.4. The summed E-state index contributed by atoms with van der Waals surface area (Å²) in [7, 11) is 1.69. The molecule has 600 valence electrons. The van der Waals surface area contributed by atoms with Gasteiger partial charge in [-0.25, -0.2) is 28.5 Å². The van der Waals surface area contributed by atoms with Gasteiger partial charge in [0.1, 0.15) is 5.75 Å². The summed E-state index contributed by atoms with van der Waals surface area (Å²) >= 11 is 0. The molecular formula is C102H111N15O. The Morgan fingerprint density at radius 1 is 0.297 bits per heavy atom. The van der Waals surface area contributed by atoms with Crippen LogP contribution in [-0.4, -0.2) is 131 Å². The van der Waals surface area contributed by atoms with Crippen LogP contribution in [0.2, 0.25) is 0 Å². The van der Waals surface area contributed by atoms with E-state index in [2.05, 4.69) is 286 Å². The highest BCUT2D eigenvalue weighted by Crippen LogP contribution is 2.29. The van der Waals surface area contributed by atoms with E-state index in [0.29, 0.717) is 0 Å². The van der Waals surface area contributed by atoms with Crippen LogP contribution < -0.4 is 20.7 Å². The standard InChI is InChI=1S/C34H37N5O.2C34H37N5/c1-40-31-19-13-28(14-20-31)25-35-30-17-15-29(16-18-30)32-7-4-8-34-36-33(37-39(32)34)24-27-11-9-26(10-12-27)6-5-23-38-21-2-3-22-38;1-26-9-11-29(12-10-26)25-35-31-19-17-30(18-20-31)32-7-4-8-34-36-33(37-39(32)34)24-28-15-13-27(14-16-28)6-5-23-38-21-2-3-22-38;1-2-8-27(9-3-1)21-22-35-31-19-17-30(18-20-31)32-11-6-12-34-36-33(37-39(32)34)26-29-15-13-28(14-16-29)10-7-25-38-23-4-5-24-38/h4,7-20,35H,2-3,5-6,21-25H2,1H3;4,7-20,35H,2-3,5-6,21-25H2,1H3;1-3,6,8-9,11-20,35H,4-5,7,10,21-26H2. The van der Waals surface area contributed by atoms with Crippen LogP contribution >= 0.6 is 0 Å². The number of pyridine rings is 3. The summed E-state index contributed by atoms with van der Waals surface area (Å²) in [4.78, 5) is 22.3. The zero-order valence-corrected chi connectivity index (χ0v) is 68.6. The van der Waals surface area contributed by atoms with E-state index >= 15 is 0 Å². The molecule has 0 radical (unpaired) electrons. The number of benzene rings is 9. The van der Waals surface area contributed by atoms with Crippen LogP contribution in [0.25, 0.3) is 50.7 Å². The van der Waals surface area contributed by atoms with E-state index in [-0.39, 0.29) is 0 Å². The minimum atomic E-state index is 0.726. The first-order valence-corrected chi connectivity index (χ1v) is 42.9. The molecule has 9 heterocycles. The van der Waals surface area contributed by atoms with E-state index in [4.69, 9.17) is 35.0 Å². The summed E-state index contributed by atoms with van der Waals surface area (Å²) in [5, 5.41) is 25.2. The Balaban J connectivity index is 0.000000132. The zero-order chi connectivity index (χ0) is 79.9. The van der Waals surface area contributed by atoms with E-state index in [1.165, 1.54) is 172 Å². The minimum Gasteiger partial charge on any atom is -0.497 e. The van der Waals surface area contributed by atoms with Gasteiger partial charge in [-0.2, -0.15) is 15.3 Å². The lowest BCUT2D eigenvalue weighted by molar-refractivity contribution is 0.334. The van der Waals surface area contributed by atoms with Gasteiger partial charge in [0.15, 0.2) is 34.4 Å². The molecule has 16 nitrogen and oxygen atoms in total. The first-order chi connectivity index (χ1) is 58.2. The van der Waals surface area contributed by atoms with Crippen molar-refractivity contribution in [2.75, 3.05) is 88.5 Å². The molecule has 0 spiro atoms. The molecular weight excluding hydrogens is 1450 g/mol. The highest BCUT2D eigenvalue weighted by atomic mass is 16.5. The van der Waals surface area contributed by atoms with Crippen molar-refractivity contribution in [3.05, 3.63) is 352 Å². The molecule has 0 aliphatic carbocycles. The Bertz CT molecular complexity index is 5590. The van der Waals surface area contributed by atoms with Gasteiger partial charge in [-0.3, -0.25) is 0 Å². The second kappa shape index (κ2) is 40.2. The molecule has 0 bridgehead atoms. The number of fused-ring (bicyclic) bond motifs is 3. The number of methoxy groups -OCH3 is 1. The van der Waals surface area contributed by atoms with Crippen molar-refractivity contribution in [2.24, 2.45) is 0 Å². The Labute approximate surface area is 696 Å². The average molecular weight is 1560 g/mol. The van der Waals surface area contributed by atoms with Gasteiger partial charge in [0, 0.05) is 72.6 Å². The molecule has 0 atom stereocenters. The lowest BCUT2D eigenvalue weighted by Gasteiger charge is -2.13. The molecule has 9 aromatic carbocycles. The molecule has 3 N–H and O–H groups in total. The Morgan fingerprint density at radius 3 is 0.958 bits per heavy atom. The molecule has 3 fully saturated rings. The van der Waals surface area contributed by atoms with Crippen LogP contribution in [0, 0.1) is 6.92 Å². The monoisotopic (exact) mass is 1560 g/mol. The third-order valence-electron chi connectivity index (χ3n) is 23.2. The predicted molar refractivity (Wildman–Crippen MR) is 482 cm³/mol. The van der Waals surface area contributed by atoms with Crippen molar-refractivity contribution < 1.29 is 4.74 Å². The van der Waals surface area contributed by atoms with E-state index in [0.717, 1.165) is 156 Å². The van der Waals surface area contributed by atoms with Gasteiger partial charge in [-0.15, -0.1) is 0 Å². The summed E-state index contributed by atoms with van der Waals surface area (Å²) in [6, 6.07) is 98.6. The highest BCUT2D eigenvalue weighted by Gasteiger charge is 2.18.